The first kappa shape index (κ1) is 12.0. The van der Waals surface area contributed by atoms with Gasteiger partial charge >= 0.3 is 5.69 Å². The van der Waals surface area contributed by atoms with Gasteiger partial charge in [-0.05, 0) is 6.42 Å². The van der Waals surface area contributed by atoms with Gasteiger partial charge in [0.1, 0.15) is 0 Å². The second-order valence-corrected chi connectivity index (χ2v) is 4.29. The molecule has 0 amide bonds. The summed E-state index contributed by atoms with van der Waals surface area (Å²) < 4.78 is 0. The Morgan fingerprint density at radius 2 is 2.00 bits per heavy atom. The second kappa shape index (κ2) is 4.44. The molecule has 0 bridgehead atoms. The van der Waals surface area contributed by atoms with Gasteiger partial charge in [-0.2, -0.15) is 0 Å². The first-order valence-electron chi connectivity index (χ1n) is 5.33. The monoisotopic (exact) mass is 242 g/mol. The molecule has 7 heteroatoms. The lowest BCUT2D eigenvalue weighted by Crippen LogP contribution is -2.32. The van der Waals surface area contributed by atoms with Crippen LogP contribution in [0.3, 0.4) is 0 Å². The van der Waals surface area contributed by atoms with Gasteiger partial charge in [0.25, 0.3) is 5.56 Å². The molecule has 94 valence electrons. The molecule has 1 aliphatic carbocycles. The van der Waals surface area contributed by atoms with Crippen LogP contribution in [0.2, 0.25) is 0 Å². The van der Waals surface area contributed by atoms with Crippen LogP contribution in [0.1, 0.15) is 17.9 Å². The van der Waals surface area contributed by atoms with E-state index in [0.717, 1.165) is 0 Å². The molecule has 5 N–H and O–H groups in total. The van der Waals surface area contributed by atoms with E-state index in [9.17, 15) is 19.8 Å². The fraction of sp³-hybridized carbons (Fsp3) is 0.600. The SMILES string of the molecule is O=c1[nH]cc([C@@H]2C[C@H](CO)[C@H](O)C2O)c(=O)[nH]1. The maximum absolute atomic E-state index is 11.5. The summed E-state index contributed by atoms with van der Waals surface area (Å²) in [6, 6.07) is 0. The lowest BCUT2D eigenvalue weighted by molar-refractivity contribution is 0.00219. The van der Waals surface area contributed by atoms with E-state index in [0.29, 0.717) is 6.42 Å². The number of aliphatic hydroxyl groups is 3. The van der Waals surface area contributed by atoms with E-state index in [2.05, 4.69) is 9.97 Å². The van der Waals surface area contributed by atoms with Gasteiger partial charge in [0.15, 0.2) is 0 Å². The Balaban J connectivity index is 2.35. The van der Waals surface area contributed by atoms with E-state index >= 15 is 0 Å². The molecule has 1 heterocycles. The van der Waals surface area contributed by atoms with E-state index in [1.165, 1.54) is 6.20 Å². The van der Waals surface area contributed by atoms with Crippen molar-refractivity contribution in [1.29, 1.82) is 0 Å². The molecule has 0 saturated heterocycles. The van der Waals surface area contributed by atoms with E-state index in [1.54, 1.807) is 0 Å². The molecule has 1 unspecified atom stereocenters. The lowest BCUT2D eigenvalue weighted by Gasteiger charge is -2.15. The van der Waals surface area contributed by atoms with E-state index in [1.807, 2.05) is 0 Å². The summed E-state index contributed by atoms with van der Waals surface area (Å²) in [7, 11) is 0. The molecule has 1 aromatic heterocycles. The normalized spacial score (nSPS) is 32.9. The van der Waals surface area contributed by atoms with Crippen LogP contribution in [-0.4, -0.2) is 44.1 Å². The number of rotatable bonds is 2. The van der Waals surface area contributed by atoms with Gasteiger partial charge < -0.3 is 20.3 Å². The molecule has 7 nitrogen and oxygen atoms in total. The molecule has 17 heavy (non-hydrogen) atoms. The van der Waals surface area contributed by atoms with Crippen molar-refractivity contribution < 1.29 is 15.3 Å². The fourth-order valence-corrected chi connectivity index (χ4v) is 2.31. The molecular formula is C10H14N2O5. The summed E-state index contributed by atoms with van der Waals surface area (Å²) in [5.74, 6) is -1.04. The number of H-pyrrole nitrogens is 2. The molecule has 2 rings (SSSR count). The number of hydrogen-bond donors (Lipinski definition) is 5. The smallest absolute Gasteiger partial charge is 0.325 e. The Hall–Kier alpha value is -1.44. The summed E-state index contributed by atoms with van der Waals surface area (Å²) in [4.78, 5) is 26.8. The van der Waals surface area contributed by atoms with Crippen molar-refractivity contribution in [2.24, 2.45) is 5.92 Å². The third-order valence-corrected chi connectivity index (χ3v) is 3.28. The molecule has 0 aromatic carbocycles. The minimum atomic E-state index is -1.11. The Bertz CT molecular complexity index is 508. The molecule has 1 saturated carbocycles. The average Bonchev–Trinajstić information content (AvgIpc) is 2.57. The van der Waals surface area contributed by atoms with E-state index in [-0.39, 0.29) is 12.2 Å². The quantitative estimate of drug-likeness (QED) is 0.405. The van der Waals surface area contributed by atoms with Gasteiger partial charge in [0.2, 0.25) is 0 Å². The molecular weight excluding hydrogens is 228 g/mol. The molecule has 0 spiro atoms. The summed E-state index contributed by atoms with van der Waals surface area (Å²) in [6.45, 7) is -0.254. The van der Waals surface area contributed by atoms with Crippen molar-refractivity contribution in [3.63, 3.8) is 0 Å². The highest BCUT2D eigenvalue weighted by molar-refractivity contribution is 5.17. The molecule has 1 aliphatic rings. The highest BCUT2D eigenvalue weighted by Gasteiger charge is 2.42. The zero-order valence-electron chi connectivity index (χ0n) is 8.96. The lowest BCUT2D eigenvalue weighted by atomic mass is 9.97. The minimum absolute atomic E-state index is 0.215. The highest BCUT2D eigenvalue weighted by Crippen LogP contribution is 2.36. The number of nitrogens with one attached hydrogen (secondary N) is 2. The molecule has 0 aliphatic heterocycles. The van der Waals surface area contributed by atoms with Gasteiger partial charge in [0.05, 0.1) is 12.2 Å². The Labute approximate surface area is 95.8 Å². The summed E-state index contributed by atoms with van der Waals surface area (Å²) in [5, 5.41) is 28.5. The summed E-state index contributed by atoms with van der Waals surface area (Å²) >= 11 is 0. The average molecular weight is 242 g/mol. The van der Waals surface area contributed by atoms with Crippen molar-refractivity contribution in [3.8, 4) is 0 Å². The molecule has 0 radical (unpaired) electrons. The first-order valence-corrected chi connectivity index (χ1v) is 5.33. The van der Waals surface area contributed by atoms with Crippen LogP contribution in [-0.2, 0) is 0 Å². The summed E-state index contributed by atoms with van der Waals surface area (Å²) in [5.41, 5.74) is -0.985. The van der Waals surface area contributed by atoms with Gasteiger partial charge in [-0.15, -0.1) is 0 Å². The van der Waals surface area contributed by atoms with Crippen molar-refractivity contribution in [2.75, 3.05) is 6.61 Å². The van der Waals surface area contributed by atoms with Gasteiger partial charge in [-0.1, -0.05) is 0 Å². The van der Waals surface area contributed by atoms with Gasteiger partial charge in [0, 0.05) is 30.2 Å². The maximum Gasteiger partial charge on any atom is 0.325 e. The standard InChI is InChI=1S/C10H14N2O5/c13-3-4-1-5(8(15)7(4)14)6-2-11-10(17)12-9(6)16/h2,4-5,7-8,13-15H,1,3H2,(H2,11,12,16,17)/t4-,5+,7+,8?/m1/s1. The van der Waals surface area contributed by atoms with Crippen molar-refractivity contribution in [1.82, 2.24) is 9.97 Å². The third kappa shape index (κ3) is 2.04. The van der Waals surface area contributed by atoms with Crippen LogP contribution in [0.4, 0.5) is 0 Å². The van der Waals surface area contributed by atoms with Crippen LogP contribution < -0.4 is 11.2 Å². The van der Waals surface area contributed by atoms with Crippen molar-refractivity contribution >= 4 is 0 Å². The minimum Gasteiger partial charge on any atom is -0.396 e. The first-order chi connectivity index (χ1) is 8.04. The number of aromatic nitrogens is 2. The van der Waals surface area contributed by atoms with Crippen LogP contribution in [0.5, 0.6) is 0 Å². The zero-order valence-corrected chi connectivity index (χ0v) is 8.96. The second-order valence-electron chi connectivity index (χ2n) is 4.29. The van der Waals surface area contributed by atoms with Crippen molar-refractivity contribution in [3.05, 3.63) is 32.6 Å². The van der Waals surface area contributed by atoms with E-state index < -0.39 is 35.3 Å². The van der Waals surface area contributed by atoms with Gasteiger partial charge in [-0.25, -0.2) is 4.79 Å². The Morgan fingerprint density at radius 1 is 1.29 bits per heavy atom. The highest BCUT2D eigenvalue weighted by atomic mass is 16.3. The van der Waals surface area contributed by atoms with E-state index in [4.69, 9.17) is 5.11 Å². The number of aliphatic hydroxyl groups excluding tert-OH is 3. The Morgan fingerprint density at radius 3 is 2.53 bits per heavy atom. The summed E-state index contributed by atoms with van der Waals surface area (Å²) in [6.07, 6.45) is -0.634. The van der Waals surface area contributed by atoms with Crippen LogP contribution in [0.15, 0.2) is 15.8 Å². The van der Waals surface area contributed by atoms with Crippen LogP contribution >= 0.6 is 0 Å². The maximum atomic E-state index is 11.5. The van der Waals surface area contributed by atoms with Gasteiger partial charge in [-0.3, -0.25) is 9.78 Å². The molecule has 4 atom stereocenters. The number of aromatic amines is 2. The molecule has 1 aromatic rings. The predicted molar refractivity (Wildman–Crippen MR) is 57.6 cm³/mol. The molecule has 1 fully saturated rings. The predicted octanol–water partition coefficient (Wildman–Crippen LogP) is -2.12. The fourth-order valence-electron chi connectivity index (χ4n) is 2.31. The van der Waals surface area contributed by atoms with Crippen molar-refractivity contribution in [2.45, 2.75) is 24.5 Å². The zero-order chi connectivity index (χ0) is 12.6. The Kier molecular flexibility index (Phi) is 3.14. The number of hydrogen-bond acceptors (Lipinski definition) is 5. The van der Waals surface area contributed by atoms with Crippen LogP contribution in [0, 0.1) is 5.92 Å². The third-order valence-electron chi connectivity index (χ3n) is 3.28. The topological polar surface area (TPSA) is 126 Å². The largest absolute Gasteiger partial charge is 0.396 e. The van der Waals surface area contributed by atoms with Crippen LogP contribution in [0.25, 0.3) is 0 Å².